The van der Waals surface area contributed by atoms with Crippen LogP contribution in [0.1, 0.15) is 13.8 Å². The standard InChI is InChI=1S/C12H15NO/c1-9(2)10(3)12(14)13-11-7-5-4-6-8-11/h4-8,13-14H,1H2,2-3H3/b12-10+. The Morgan fingerprint density at radius 3 is 2.29 bits per heavy atom. The highest BCUT2D eigenvalue weighted by atomic mass is 16.3. The lowest BCUT2D eigenvalue weighted by Gasteiger charge is -2.08. The molecule has 0 aliphatic heterocycles. The summed E-state index contributed by atoms with van der Waals surface area (Å²) in [4.78, 5) is 0. The Morgan fingerprint density at radius 1 is 1.21 bits per heavy atom. The molecular weight excluding hydrogens is 174 g/mol. The Labute approximate surface area is 84.6 Å². The number of hydrogen-bond donors (Lipinski definition) is 2. The van der Waals surface area contributed by atoms with Crippen LogP contribution in [0.5, 0.6) is 0 Å². The van der Waals surface area contributed by atoms with Gasteiger partial charge in [-0.1, -0.05) is 30.4 Å². The predicted molar refractivity (Wildman–Crippen MR) is 60.2 cm³/mol. The molecule has 2 heteroatoms. The van der Waals surface area contributed by atoms with E-state index in [0.29, 0.717) is 0 Å². The Kier molecular flexibility index (Phi) is 3.35. The maximum atomic E-state index is 9.65. The molecule has 0 atom stereocenters. The van der Waals surface area contributed by atoms with Crippen molar-refractivity contribution in [3.8, 4) is 0 Å². The fourth-order valence-corrected chi connectivity index (χ4v) is 0.954. The van der Waals surface area contributed by atoms with Crippen molar-refractivity contribution >= 4 is 5.69 Å². The third kappa shape index (κ3) is 2.66. The van der Waals surface area contributed by atoms with Crippen LogP contribution in [-0.4, -0.2) is 5.11 Å². The Bertz CT molecular complexity index is 352. The summed E-state index contributed by atoms with van der Waals surface area (Å²) in [5.74, 6) is 0.156. The third-order valence-electron chi connectivity index (χ3n) is 2.03. The van der Waals surface area contributed by atoms with Crippen molar-refractivity contribution in [1.82, 2.24) is 0 Å². The highest BCUT2D eigenvalue weighted by Gasteiger charge is 2.00. The van der Waals surface area contributed by atoms with Gasteiger partial charge in [-0.2, -0.15) is 0 Å². The molecule has 14 heavy (non-hydrogen) atoms. The smallest absolute Gasteiger partial charge is 0.191 e. The average molecular weight is 189 g/mol. The lowest BCUT2D eigenvalue weighted by molar-refractivity contribution is 0.413. The molecule has 0 aliphatic carbocycles. The molecular formula is C12H15NO. The summed E-state index contributed by atoms with van der Waals surface area (Å²) < 4.78 is 0. The maximum Gasteiger partial charge on any atom is 0.191 e. The highest BCUT2D eigenvalue weighted by molar-refractivity contribution is 5.48. The van der Waals surface area contributed by atoms with Gasteiger partial charge in [0.05, 0.1) is 0 Å². The first-order valence-electron chi connectivity index (χ1n) is 4.49. The summed E-state index contributed by atoms with van der Waals surface area (Å²) in [6.07, 6.45) is 0. The molecule has 74 valence electrons. The Morgan fingerprint density at radius 2 is 1.79 bits per heavy atom. The summed E-state index contributed by atoms with van der Waals surface area (Å²) in [5, 5.41) is 12.5. The maximum absolute atomic E-state index is 9.65. The molecule has 0 unspecified atom stereocenters. The zero-order valence-corrected chi connectivity index (χ0v) is 8.54. The minimum absolute atomic E-state index is 0.156. The van der Waals surface area contributed by atoms with E-state index in [-0.39, 0.29) is 5.88 Å². The van der Waals surface area contributed by atoms with Gasteiger partial charge < -0.3 is 10.4 Å². The molecule has 0 radical (unpaired) electrons. The van der Waals surface area contributed by atoms with Crippen molar-refractivity contribution in [2.75, 3.05) is 5.32 Å². The summed E-state index contributed by atoms with van der Waals surface area (Å²) in [7, 11) is 0. The molecule has 0 saturated carbocycles. The zero-order chi connectivity index (χ0) is 10.6. The largest absolute Gasteiger partial charge is 0.494 e. The molecule has 2 nitrogen and oxygen atoms in total. The van der Waals surface area contributed by atoms with E-state index in [4.69, 9.17) is 0 Å². The molecule has 0 spiro atoms. The molecule has 2 N–H and O–H groups in total. The van der Waals surface area contributed by atoms with Crippen molar-refractivity contribution in [3.63, 3.8) is 0 Å². The van der Waals surface area contributed by atoms with Gasteiger partial charge in [0.25, 0.3) is 0 Å². The second kappa shape index (κ2) is 4.51. The van der Waals surface area contributed by atoms with Gasteiger partial charge in [-0.15, -0.1) is 0 Å². The Hall–Kier alpha value is -1.70. The number of rotatable bonds is 3. The molecule has 0 aromatic heterocycles. The monoisotopic (exact) mass is 189 g/mol. The molecule has 1 aromatic carbocycles. The third-order valence-corrected chi connectivity index (χ3v) is 2.03. The number of allylic oxidation sites excluding steroid dienone is 2. The van der Waals surface area contributed by atoms with Gasteiger partial charge in [0.2, 0.25) is 0 Å². The fourth-order valence-electron chi connectivity index (χ4n) is 0.954. The molecule has 1 rings (SSSR count). The summed E-state index contributed by atoms with van der Waals surface area (Å²) in [6.45, 7) is 7.45. The number of aliphatic hydroxyl groups is 1. The van der Waals surface area contributed by atoms with Gasteiger partial charge in [0, 0.05) is 11.3 Å². The normalized spacial score (nSPS) is 11.9. The summed E-state index contributed by atoms with van der Waals surface area (Å²) in [5.41, 5.74) is 2.49. The van der Waals surface area contributed by atoms with Gasteiger partial charge >= 0.3 is 0 Å². The fraction of sp³-hybridized carbons (Fsp3) is 0.167. The number of hydrogen-bond acceptors (Lipinski definition) is 2. The first kappa shape index (κ1) is 10.4. The van der Waals surface area contributed by atoms with Gasteiger partial charge in [0.15, 0.2) is 5.88 Å². The quantitative estimate of drug-likeness (QED) is 0.563. The molecule has 0 bridgehead atoms. The molecule has 0 amide bonds. The van der Waals surface area contributed by atoms with Crippen molar-refractivity contribution in [1.29, 1.82) is 0 Å². The van der Waals surface area contributed by atoms with Gasteiger partial charge in [-0.25, -0.2) is 0 Å². The van der Waals surface area contributed by atoms with Crippen LogP contribution in [0.15, 0.2) is 53.9 Å². The summed E-state index contributed by atoms with van der Waals surface area (Å²) >= 11 is 0. The number of para-hydroxylation sites is 1. The topological polar surface area (TPSA) is 32.3 Å². The summed E-state index contributed by atoms with van der Waals surface area (Å²) in [6, 6.07) is 9.53. The van der Waals surface area contributed by atoms with Crippen LogP contribution in [0, 0.1) is 0 Å². The van der Waals surface area contributed by atoms with Gasteiger partial charge in [0.1, 0.15) is 0 Å². The van der Waals surface area contributed by atoms with E-state index < -0.39 is 0 Å². The van der Waals surface area contributed by atoms with Crippen molar-refractivity contribution in [2.45, 2.75) is 13.8 Å². The molecule has 1 aromatic rings. The predicted octanol–water partition coefficient (Wildman–Crippen LogP) is 3.46. The van der Waals surface area contributed by atoms with Crippen molar-refractivity contribution in [3.05, 3.63) is 53.9 Å². The number of nitrogens with one attached hydrogen (secondary N) is 1. The minimum Gasteiger partial charge on any atom is -0.494 e. The van der Waals surface area contributed by atoms with E-state index in [1.807, 2.05) is 44.2 Å². The SMILES string of the molecule is C=C(C)/C(C)=C(/O)Nc1ccccc1. The average Bonchev–Trinajstić information content (AvgIpc) is 2.18. The number of aliphatic hydroxyl groups excluding tert-OH is 1. The number of anilines is 1. The van der Waals surface area contributed by atoms with Crippen LogP contribution in [-0.2, 0) is 0 Å². The first-order valence-corrected chi connectivity index (χ1v) is 4.49. The molecule has 0 fully saturated rings. The second-order valence-corrected chi connectivity index (χ2v) is 3.24. The molecule has 0 aliphatic rings. The first-order chi connectivity index (χ1) is 6.61. The van der Waals surface area contributed by atoms with Crippen LogP contribution in [0.3, 0.4) is 0 Å². The minimum atomic E-state index is 0.156. The number of benzene rings is 1. The molecule has 0 saturated heterocycles. The van der Waals surface area contributed by atoms with E-state index in [1.165, 1.54) is 0 Å². The van der Waals surface area contributed by atoms with Crippen molar-refractivity contribution in [2.24, 2.45) is 0 Å². The lowest BCUT2D eigenvalue weighted by atomic mass is 10.1. The van der Waals surface area contributed by atoms with Gasteiger partial charge in [-0.3, -0.25) is 0 Å². The van der Waals surface area contributed by atoms with E-state index in [0.717, 1.165) is 16.8 Å². The second-order valence-electron chi connectivity index (χ2n) is 3.24. The van der Waals surface area contributed by atoms with E-state index >= 15 is 0 Å². The van der Waals surface area contributed by atoms with Crippen LogP contribution >= 0.6 is 0 Å². The van der Waals surface area contributed by atoms with E-state index in [1.54, 1.807) is 0 Å². The van der Waals surface area contributed by atoms with E-state index in [9.17, 15) is 5.11 Å². The van der Waals surface area contributed by atoms with E-state index in [2.05, 4.69) is 11.9 Å². The molecule has 0 heterocycles. The highest BCUT2D eigenvalue weighted by Crippen LogP contribution is 2.13. The van der Waals surface area contributed by atoms with Crippen molar-refractivity contribution < 1.29 is 5.11 Å². The van der Waals surface area contributed by atoms with Crippen LogP contribution in [0.4, 0.5) is 5.69 Å². The lowest BCUT2D eigenvalue weighted by Crippen LogP contribution is -2.01. The van der Waals surface area contributed by atoms with Crippen LogP contribution in [0.2, 0.25) is 0 Å². The Balaban J connectivity index is 2.80. The van der Waals surface area contributed by atoms with Crippen LogP contribution in [0.25, 0.3) is 0 Å². The van der Waals surface area contributed by atoms with Gasteiger partial charge in [-0.05, 0) is 26.0 Å². The van der Waals surface area contributed by atoms with Crippen LogP contribution < -0.4 is 5.32 Å². The zero-order valence-electron chi connectivity index (χ0n) is 8.54.